The highest BCUT2D eigenvalue weighted by atomic mass is 19.4. The van der Waals surface area contributed by atoms with Gasteiger partial charge in [0.2, 0.25) is 0 Å². The van der Waals surface area contributed by atoms with Crippen molar-refractivity contribution in [2.45, 2.75) is 50.9 Å². The van der Waals surface area contributed by atoms with E-state index in [1.807, 2.05) is 12.1 Å². The number of nitrogens with zero attached hydrogens (tertiary/aromatic N) is 2. The van der Waals surface area contributed by atoms with Crippen molar-refractivity contribution in [3.8, 4) is 0 Å². The van der Waals surface area contributed by atoms with Crippen LogP contribution in [0.2, 0.25) is 0 Å². The molecule has 0 amide bonds. The molecule has 1 aliphatic carbocycles. The van der Waals surface area contributed by atoms with Gasteiger partial charge in [-0.05, 0) is 54.2 Å². The summed E-state index contributed by atoms with van der Waals surface area (Å²) in [6.45, 7) is 4.26. The normalized spacial score (nSPS) is 20.6. The van der Waals surface area contributed by atoms with Gasteiger partial charge in [-0.3, -0.25) is 9.80 Å². The first-order chi connectivity index (χ1) is 14.9. The van der Waals surface area contributed by atoms with Gasteiger partial charge in [0.15, 0.2) is 0 Å². The summed E-state index contributed by atoms with van der Waals surface area (Å²) < 4.78 is 51.8. The minimum atomic E-state index is -4.29. The summed E-state index contributed by atoms with van der Waals surface area (Å²) in [4.78, 5) is 4.84. The fraction of sp³-hybridized carbons (Fsp3) is 0.520. The Morgan fingerprint density at radius 3 is 2.00 bits per heavy atom. The van der Waals surface area contributed by atoms with Crippen LogP contribution >= 0.6 is 0 Å². The lowest BCUT2D eigenvalue weighted by Gasteiger charge is -2.43. The van der Waals surface area contributed by atoms with Crippen molar-refractivity contribution in [3.63, 3.8) is 0 Å². The number of alkyl halides is 3. The zero-order chi connectivity index (χ0) is 21.8. The van der Waals surface area contributed by atoms with Gasteiger partial charge < -0.3 is 0 Å². The zero-order valence-electron chi connectivity index (χ0n) is 17.8. The van der Waals surface area contributed by atoms with Crippen molar-refractivity contribution >= 4 is 0 Å². The van der Waals surface area contributed by atoms with E-state index in [0.29, 0.717) is 18.5 Å². The summed E-state index contributed by atoms with van der Waals surface area (Å²) >= 11 is 0. The van der Waals surface area contributed by atoms with Crippen molar-refractivity contribution in [2.75, 3.05) is 26.2 Å². The van der Waals surface area contributed by atoms with E-state index in [4.69, 9.17) is 0 Å². The molecule has 2 aromatic rings. The van der Waals surface area contributed by atoms with Crippen molar-refractivity contribution < 1.29 is 17.6 Å². The first-order valence-electron chi connectivity index (χ1n) is 11.3. The molecule has 2 fully saturated rings. The van der Waals surface area contributed by atoms with Gasteiger partial charge in [-0.25, -0.2) is 4.39 Å². The van der Waals surface area contributed by atoms with E-state index in [1.54, 1.807) is 24.3 Å². The number of benzene rings is 2. The molecule has 2 aliphatic rings. The molecule has 1 heterocycles. The van der Waals surface area contributed by atoms with E-state index in [0.717, 1.165) is 31.7 Å². The molecule has 0 radical (unpaired) electrons. The maximum Gasteiger partial charge on any atom is 0.416 e. The maximum absolute atomic E-state index is 13.5. The predicted molar refractivity (Wildman–Crippen MR) is 114 cm³/mol. The van der Waals surface area contributed by atoms with Crippen molar-refractivity contribution in [1.29, 1.82) is 0 Å². The monoisotopic (exact) mass is 434 g/mol. The Morgan fingerprint density at radius 2 is 1.42 bits per heavy atom. The average molecular weight is 435 g/mol. The minimum Gasteiger partial charge on any atom is -0.297 e. The van der Waals surface area contributed by atoms with Crippen molar-refractivity contribution in [1.82, 2.24) is 9.80 Å². The maximum atomic E-state index is 13.5. The molecule has 2 aromatic carbocycles. The van der Waals surface area contributed by atoms with Crippen LogP contribution in [0.15, 0.2) is 48.5 Å². The van der Waals surface area contributed by atoms with Gasteiger partial charge in [0.1, 0.15) is 5.82 Å². The molecular formula is C25H30F4N2. The average Bonchev–Trinajstić information content (AvgIpc) is 2.77. The van der Waals surface area contributed by atoms with Crippen LogP contribution in [0.1, 0.15) is 54.8 Å². The Bertz CT molecular complexity index is 818. The molecule has 4 rings (SSSR count). The van der Waals surface area contributed by atoms with Crippen LogP contribution < -0.4 is 0 Å². The van der Waals surface area contributed by atoms with Crippen LogP contribution in [0.5, 0.6) is 0 Å². The minimum absolute atomic E-state index is 0.201. The molecule has 6 heteroatoms. The molecular weight excluding hydrogens is 404 g/mol. The quantitative estimate of drug-likeness (QED) is 0.511. The summed E-state index contributed by atoms with van der Waals surface area (Å²) in [6.07, 6.45) is 1.96. The van der Waals surface area contributed by atoms with Crippen LogP contribution in [0.3, 0.4) is 0 Å². The second-order valence-corrected chi connectivity index (χ2v) is 8.90. The third-order valence-corrected chi connectivity index (χ3v) is 6.80. The summed E-state index contributed by atoms with van der Waals surface area (Å²) in [5.74, 6) is 0.396. The molecule has 1 saturated carbocycles. The predicted octanol–water partition coefficient (Wildman–Crippen LogP) is 6.28. The van der Waals surface area contributed by atoms with E-state index in [2.05, 4.69) is 9.80 Å². The van der Waals surface area contributed by atoms with Gasteiger partial charge in [0, 0.05) is 38.8 Å². The summed E-state index contributed by atoms with van der Waals surface area (Å²) in [5.41, 5.74) is 1.50. The van der Waals surface area contributed by atoms with E-state index in [1.165, 1.54) is 49.8 Å². The van der Waals surface area contributed by atoms with Gasteiger partial charge in [-0.1, -0.05) is 43.5 Å². The number of halogens is 4. The molecule has 0 aromatic heterocycles. The second-order valence-electron chi connectivity index (χ2n) is 8.90. The molecule has 2 nitrogen and oxygen atoms in total. The first kappa shape index (κ1) is 22.3. The third-order valence-electron chi connectivity index (χ3n) is 6.80. The smallest absolute Gasteiger partial charge is 0.297 e. The number of hydrogen-bond donors (Lipinski definition) is 0. The van der Waals surface area contributed by atoms with Crippen LogP contribution in [0.25, 0.3) is 0 Å². The summed E-state index contributed by atoms with van der Waals surface area (Å²) in [7, 11) is 0. The van der Waals surface area contributed by atoms with Crippen LogP contribution in [-0.2, 0) is 12.7 Å². The topological polar surface area (TPSA) is 6.48 Å². The molecule has 1 unspecified atom stereocenters. The van der Waals surface area contributed by atoms with Gasteiger partial charge in [-0.2, -0.15) is 13.2 Å². The first-order valence-corrected chi connectivity index (χ1v) is 11.3. The van der Waals surface area contributed by atoms with Crippen molar-refractivity contribution in [3.05, 3.63) is 71.0 Å². The Morgan fingerprint density at radius 1 is 0.806 bits per heavy atom. The molecule has 1 saturated heterocycles. The molecule has 0 spiro atoms. The molecule has 0 bridgehead atoms. The highest BCUT2D eigenvalue weighted by Crippen LogP contribution is 2.39. The van der Waals surface area contributed by atoms with E-state index in [9.17, 15) is 17.6 Å². The molecule has 0 N–H and O–H groups in total. The zero-order valence-corrected chi connectivity index (χ0v) is 17.8. The SMILES string of the molecule is Fc1ccc(C(C2CCCCC2)N2CCN(Cc3ccc(C(F)(F)F)cc3)CC2)cc1. The third kappa shape index (κ3) is 5.66. The van der Waals surface area contributed by atoms with Crippen LogP contribution in [0.4, 0.5) is 17.6 Å². The largest absolute Gasteiger partial charge is 0.416 e. The van der Waals surface area contributed by atoms with Gasteiger partial charge >= 0.3 is 6.18 Å². The van der Waals surface area contributed by atoms with Crippen LogP contribution in [0, 0.1) is 11.7 Å². The second kappa shape index (κ2) is 9.70. The molecule has 1 atom stereocenters. The molecule has 1 aliphatic heterocycles. The molecule has 168 valence electrons. The van der Waals surface area contributed by atoms with Crippen molar-refractivity contribution in [2.24, 2.45) is 5.92 Å². The highest BCUT2D eigenvalue weighted by Gasteiger charge is 2.33. The summed E-state index contributed by atoms with van der Waals surface area (Å²) in [5, 5.41) is 0. The van der Waals surface area contributed by atoms with E-state index in [-0.39, 0.29) is 5.82 Å². The molecule has 31 heavy (non-hydrogen) atoms. The van der Waals surface area contributed by atoms with Gasteiger partial charge in [-0.15, -0.1) is 0 Å². The highest BCUT2D eigenvalue weighted by molar-refractivity contribution is 5.25. The number of rotatable bonds is 5. The van der Waals surface area contributed by atoms with E-state index >= 15 is 0 Å². The van der Waals surface area contributed by atoms with Gasteiger partial charge in [0.25, 0.3) is 0 Å². The Labute approximate surface area is 181 Å². The number of hydrogen-bond acceptors (Lipinski definition) is 2. The Hall–Kier alpha value is -1.92. The van der Waals surface area contributed by atoms with E-state index < -0.39 is 11.7 Å². The lowest BCUT2D eigenvalue weighted by atomic mass is 9.80. The Balaban J connectivity index is 1.39. The fourth-order valence-corrected chi connectivity index (χ4v) is 5.15. The lowest BCUT2D eigenvalue weighted by molar-refractivity contribution is -0.137. The fourth-order valence-electron chi connectivity index (χ4n) is 5.15. The standard InChI is InChI=1S/C25H30F4N2/c26-23-12-8-21(9-13-23)24(20-4-2-1-3-5-20)31-16-14-30(15-17-31)18-19-6-10-22(11-7-19)25(27,28)29/h6-13,20,24H,1-5,14-18H2. The Kier molecular flexibility index (Phi) is 6.97. The van der Waals surface area contributed by atoms with Gasteiger partial charge in [0.05, 0.1) is 5.56 Å². The lowest BCUT2D eigenvalue weighted by Crippen LogP contribution is -2.48. The van der Waals surface area contributed by atoms with Crippen LogP contribution in [-0.4, -0.2) is 36.0 Å². The number of piperazine rings is 1. The summed E-state index contributed by atoms with van der Waals surface area (Å²) in [6, 6.07) is 12.8.